The Morgan fingerprint density at radius 1 is 1.29 bits per heavy atom. The molecule has 124 valence electrons. The quantitative estimate of drug-likeness (QED) is 0.460. The first-order valence-electron chi connectivity index (χ1n) is 7.58. The van der Waals surface area contributed by atoms with Crippen molar-refractivity contribution in [3.8, 4) is 6.07 Å². The van der Waals surface area contributed by atoms with Crippen LogP contribution in [-0.2, 0) is 4.79 Å². The van der Waals surface area contributed by atoms with E-state index < -0.39 is 0 Å². The van der Waals surface area contributed by atoms with Crippen LogP contribution in [0.1, 0.15) is 17.5 Å². The van der Waals surface area contributed by atoms with Gasteiger partial charge in [-0.1, -0.05) is 6.07 Å². The summed E-state index contributed by atoms with van der Waals surface area (Å²) in [4.78, 5) is 14.2. The van der Waals surface area contributed by atoms with E-state index in [2.05, 4.69) is 6.07 Å². The van der Waals surface area contributed by atoms with E-state index >= 15 is 0 Å². The third-order valence-electron chi connectivity index (χ3n) is 3.68. The van der Waals surface area contributed by atoms with E-state index in [1.165, 1.54) is 18.0 Å². The van der Waals surface area contributed by atoms with Gasteiger partial charge in [0.1, 0.15) is 0 Å². The van der Waals surface area contributed by atoms with Crippen LogP contribution >= 0.6 is 11.8 Å². The molecule has 0 unspecified atom stereocenters. The Balaban J connectivity index is 2.14. The Bertz CT molecular complexity index is 771. The van der Waals surface area contributed by atoms with Crippen LogP contribution in [0.4, 0.5) is 5.69 Å². The van der Waals surface area contributed by atoms with Gasteiger partial charge in [-0.15, -0.1) is 0 Å². The van der Waals surface area contributed by atoms with Crippen molar-refractivity contribution in [3.63, 3.8) is 0 Å². The summed E-state index contributed by atoms with van der Waals surface area (Å²) in [6.45, 7) is 4.34. The van der Waals surface area contributed by atoms with Crippen molar-refractivity contribution in [3.05, 3.63) is 58.9 Å². The Morgan fingerprint density at radius 3 is 2.75 bits per heavy atom. The van der Waals surface area contributed by atoms with E-state index in [0.29, 0.717) is 11.6 Å². The summed E-state index contributed by atoms with van der Waals surface area (Å²) in [5.74, 6) is 0.0206. The summed E-state index contributed by atoms with van der Waals surface area (Å²) in [6, 6.07) is 13.0. The number of aromatic nitrogens is 1. The molecule has 1 heterocycles. The van der Waals surface area contributed by atoms with E-state index in [9.17, 15) is 10.0 Å². The number of carbonyl (C=O) groups excluding carboxylic acids is 1. The van der Waals surface area contributed by atoms with E-state index in [0.717, 1.165) is 21.5 Å². The van der Waals surface area contributed by atoms with Gasteiger partial charge in [0.2, 0.25) is 5.91 Å². The van der Waals surface area contributed by atoms with Crippen molar-refractivity contribution < 1.29 is 9.52 Å². The highest BCUT2D eigenvalue weighted by Crippen LogP contribution is 2.21. The fraction of sp³-hybridized carbons (Fsp3) is 0.278. The Labute approximate surface area is 146 Å². The van der Waals surface area contributed by atoms with Gasteiger partial charge in [0.25, 0.3) is 5.03 Å². The fourth-order valence-corrected chi connectivity index (χ4v) is 2.98. The molecule has 0 N–H and O–H groups in total. The maximum Gasteiger partial charge on any atom is 0.251 e. The minimum absolute atomic E-state index is 0.123. The first-order valence-corrected chi connectivity index (χ1v) is 8.57. The number of aryl methyl sites for hydroxylation is 2. The van der Waals surface area contributed by atoms with Crippen LogP contribution in [0, 0.1) is 30.4 Å². The number of anilines is 1. The molecule has 0 spiro atoms. The second-order valence-electron chi connectivity index (χ2n) is 5.38. The summed E-state index contributed by atoms with van der Waals surface area (Å²) in [5.41, 5.74) is 3.02. The molecule has 2 rings (SSSR count). The van der Waals surface area contributed by atoms with Crippen molar-refractivity contribution in [1.29, 1.82) is 5.26 Å². The van der Waals surface area contributed by atoms with E-state index in [-0.39, 0.29) is 18.1 Å². The number of rotatable bonds is 6. The van der Waals surface area contributed by atoms with Crippen LogP contribution < -0.4 is 9.63 Å². The predicted octanol–water partition coefficient (Wildman–Crippen LogP) is 2.98. The lowest BCUT2D eigenvalue weighted by Crippen LogP contribution is -2.34. The van der Waals surface area contributed by atoms with Gasteiger partial charge in [-0.3, -0.25) is 4.79 Å². The molecule has 2 aromatic rings. The molecule has 0 bridgehead atoms. The summed E-state index contributed by atoms with van der Waals surface area (Å²) >= 11 is 1.20. The Kier molecular flexibility index (Phi) is 6.21. The van der Waals surface area contributed by atoms with Crippen LogP contribution in [0.2, 0.25) is 0 Å². The first kappa shape index (κ1) is 17.8. The smallest absolute Gasteiger partial charge is 0.251 e. The molecule has 5 nitrogen and oxygen atoms in total. The summed E-state index contributed by atoms with van der Waals surface area (Å²) < 4.78 is 0.744. The lowest BCUT2D eigenvalue weighted by Gasteiger charge is -2.22. The number of amides is 1. The molecular formula is C18H19N3O2S. The van der Waals surface area contributed by atoms with Crippen molar-refractivity contribution >= 4 is 23.4 Å². The zero-order chi connectivity index (χ0) is 17.5. The second-order valence-corrected chi connectivity index (χ2v) is 6.37. The molecule has 6 heteroatoms. The molecule has 0 radical (unpaired) electrons. The standard InChI is InChI=1S/C18H19N3O2S/c1-14-7-8-16(12-15(14)2)20(10-5-9-19)17(22)13-24-18-6-3-4-11-21(18)23/h3-4,6-8,11-12H,5,10,13H2,1-2H3. The van der Waals surface area contributed by atoms with Crippen LogP contribution in [0.3, 0.4) is 0 Å². The van der Waals surface area contributed by atoms with Gasteiger partial charge in [0, 0.05) is 24.4 Å². The molecule has 0 atom stereocenters. The van der Waals surface area contributed by atoms with E-state index in [4.69, 9.17) is 5.26 Å². The third kappa shape index (κ3) is 4.49. The number of benzene rings is 1. The first-order chi connectivity index (χ1) is 11.5. The number of pyridine rings is 1. The molecular weight excluding hydrogens is 322 g/mol. The molecule has 1 aromatic heterocycles. The summed E-state index contributed by atoms with van der Waals surface area (Å²) in [5, 5.41) is 21.0. The van der Waals surface area contributed by atoms with Crippen molar-refractivity contribution in [2.75, 3.05) is 17.2 Å². The minimum Gasteiger partial charge on any atom is -0.618 e. The average Bonchev–Trinajstić information content (AvgIpc) is 2.57. The number of hydrogen-bond acceptors (Lipinski definition) is 4. The fourth-order valence-electron chi connectivity index (χ4n) is 2.19. The van der Waals surface area contributed by atoms with E-state index in [1.807, 2.05) is 32.0 Å². The van der Waals surface area contributed by atoms with Gasteiger partial charge in [-0.25, -0.2) is 0 Å². The third-order valence-corrected chi connectivity index (χ3v) is 4.69. The lowest BCUT2D eigenvalue weighted by molar-refractivity contribution is -0.645. The number of nitriles is 1. The van der Waals surface area contributed by atoms with Crippen LogP contribution in [-0.4, -0.2) is 18.2 Å². The second kappa shape index (κ2) is 8.37. The Hall–Kier alpha value is -2.52. The zero-order valence-corrected chi connectivity index (χ0v) is 14.5. The molecule has 0 fully saturated rings. The molecule has 0 aliphatic carbocycles. The number of hydrogen-bond donors (Lipinski definition) is 0. The highest BCUT2D eigenvalue weighted by Gasteiger charge is 2.18. The van der Waals surface area contributed by atoms with Crippen molar-refractivity contribution in [2.45, 2.75) is 25.3 Å². The Morgan fingerprint density at radius 2 is 2.08 bits per heavy atom. The lowest BCUT2D eigenvalue weighted by atomic mass is 10.1. The zero-order valence-electron chi connectivity index (χ0n) is 13.7. The van der Waals surface area contributed by atoms with Gasteiger partial charge < -0.3 is 10.1 Å². The molecule has 24 heavy (non-hydrogen) atoms. The molecule has 1 aromatic carbocycles. The maximum absolute atomic E-state index is 12.6. The van der Waals surface area contributed by atoms with Crippen molar-refractivity contribution in [2.24, 2.45) is 0 Å². The van der Waals surface area contributed by atoms with Gasteiger partial charge in [0.15, 0.2) is 6.20 Å². The predicted molar refractivity (Wildman–Crippen MR) is 94.6 cm³/mol. The summed E-state index contributed by atoms with van der Waals surface area (Å²) in [7, 11) is 0. The number of carbonyl (C=O) groups is 1. The highest BCUT2D eigenvalue weighted by atomic mass is 32.2. The average molecular weight is 341 g/mol. The van der Waals surface area contributed by atoms with E-state index in [1.54, 1.807) is 23.1 Å². The van der Waals surface area contributed by atoms with Crippen LogP contribution in [0.15, 0.2) is 47.6 Å². The molecule has 0 saturated heterocycles. The topological polar surface area (TPSA) is 71.0 Å². The summed E-state index contributed by atoms with van der Waals surface area (Å²) in [6.07, 6.45) is 1.67. The van der Waals surface area contributed by atoms with Crippen LogP contribution in [0.5, 0.6) is 0 Å². The normalized spacial score (nSPS) is 10.2. The van der Waals surface area contributed by atoms with Crippen molar-refractivity contribution in [1.82, 2.24) is 0 Å². The van der Waals surface area contributed by atoms with Crippen LogP contribution in [0.25, 0.3) is 0 Å². The SMILES string of the molecule is Cc1ccc(N(CCC#N)C(=O)CSc2cccc[n+]2[O-])cc1C. The molecule has 0 aliphatic heterocycles. The van der Waals surface area contributed by atoms with Gasteiger partial charge in [-0.05, 0) is 54.9 Å². The largest absolute Gasteiger partial charge is 0.618 e. The van der Waals surface area contributed by atoms with Gasteiger partial charge in [-0.2, -0.15) is 9.99 Å². The number of thioether (sulfide) groups is 1. The number of nitrogens with zero attached hydrogens (tertiary/aromatic N) is 3. The molecule has 1 amide bonds. The minimum atomic E-state index is -0.123. The van der Waals surface area contributed by atoms with Gasteiger partial charge in [0.05, 0.1) is 18.2 Å². The molecule has 0 saturated carbocycles. The maximum atomic E-state index is 12.6. The van der Waals surface area contributed by atoms with Gasteiger partial charge >= 0.3 is 0 Å². The highest BCUT2D eigenvalue weighted by molar-refractivity contribution is 7.99. The monoisotopic (exact) mass is 341 g/mol. The molecule has 0 aliphatic rings.